The first-order valence-electron chi connectivity index (χ1n) is 5.92. The molecule has 2 N–H and O–H groups in total. The van der Waals surface area contributed by atoms with Crippen molar-refractivity contribution in [1.29, 1.82) is 0 Å². The van der Waals surface area contributed by atoms with Gasteiger partial charge in [0.1, 0.15) is 0 Å². The first-order valence-corrected chi connectivity index (χ1v) is 5.92. The monoisotopic (exact) mass is 247 g/mol. The van der Waals surface area contributed by atoms with Gasteiger partial charge in [-0.3, -0.25) is 0 Å². The summed E-state index contributed by atoms with van der Waals surface area (Å²) in [5, 5.41) is 11.7. The summed E-state index contributed by atoms with van der Waals surface area (Å²) < 4.78 is 7.04. The maximum atomic E-state index is 5.80. The van der Waals surface area contributed by atoms with Gasteiger partial charge in [0.2, 0.25) is 0 Å². The number of hydrogen-bond acceptors (Lipinski definition) is 5. The van der Waals surface area contributed by atoms with Gasteiger partial charge in [0.05, 0.1) is 13.2 Å². The van der Waals surface area contributed by atoms with Crippen molar-refractivity contribution in [3.63, 3.8) is 0 Å². The molecule has 18 heavy (non-hydrogen) atoms. The summed E-state index contributed by atoms with van der Waals surface area (Å²) in [5.41, 5.74) is 8.55. The van der Waals surface area contributed by atoms with Crippen LogP contribution >= 0.6 is 0 Å². The lowest BCUT2D eigenvalue weighted by Gasteiger charge is -2.06. The molecule has 0 atom stereocenters. The molecule has 6 heteroatoms. The van der Waals surface area contributed by atoms with E-state index in [1.54, 1.807) is 4.68 Å². The van der Waals surface area contributed by atoms with Crippen molar-refractivity contribution in [2.24, 2.45) is 0 Å². The molecule has 0 aliphatic heterocycles. The van der Waals surface area contributed by atoms with E-state index in [1.807, 2.05) is 32.0 Å². The Morgan fingerprint density at radius 1 is 1.39 bits per heavy atom. The molecule has 0 unspecified atom stereocenters. The predicted molar refractivity (Wildman–Crippen MR) is 68.9 cm³/mol. The van der Waals surface area contributed by atoms with Crippen LogP contribution in [0, 0.1) is 6.92 Å². The summed E-state index contributed by atoms with van der Waals surface area (Å²) in [6.45, 7) is 5.86. The number of hydrogen-bond donors (Lipinski definition) is 1. The summed E-state index contributed by atoms with van der Waals surface area (Å²) in [7, 11) is 0. The van der Waals surface area contributed by atoms with Gasteiger partial charge < -0.3 is 10.5 Å². The van der Waals surface area contributed by atoms with Gasteiger partial charge in [-0.05, 0) is 48.0 Å². The molecule has 0 bridgehead atoms. The summed E-state index contributed by atoms with van der Waals surface area (Å²) >= 11 is 0. The third-order valence-corrected chi connectivity index (χ3v) is 2.71. The number of ether oxygens (including phenoxy) is 1. The topological polar surface area (TPSA) is 78.8 Å². The molecule has 96 valence electrons. The van der Waals surface area contributed by atoms with Crippen LogP contribution in [0.2, 0.25) is 0 Å². The number of aromatic nitrogens is 4. The minimum absolute atomic E-state index is 0.600. The highest BCUT2D eigenvalue weighted by Gasteiger charge is 2.09. The van der Waals surface area contributed by atoms with Gasteiger partial charge in [0, 0.05) is 17.9 Å². The van der Waals surface area contributed by atoms with Crippen molar-refractivity contribution in [1.82, 2.24) is 20.2 Å². The lowest BCUT2D eigenvalue weighted by atomic mass is 10.1. The Labute approximate surface area is 106 Å². The largest absolute Gasteiger partial charge is 0.399 e. The molecule has 1 aromatic carbocycles. The van der Waals surface area contributed by atoms with Gasteiger partial charge in [-0.2, -0.15) is 0 Å². The number of tetrazole rings is 1. The van der Waals surface area contributed by atoms with E-state index in [2.05, 4.69) is 15.5 Å². The highest BCUT2D eigenvalue weighted by atomic mass is 16.5. The van der Waals surface area contributed by atoms with Gasteiger partial charge in [-0.25, -0.2) is 4.68 Å². The second-order valence-corrected chi connectivity index (χ2v) is 3.99. The average molecular weight is 247 g/mol. The van der Waals surface area contributed by atoms with Crippen LogP contribution in [0.1, 0.15) is 12.5 Å². The summed E-state index contributed by atoms with van der Waals surface area (Å²) in [6, 6.07) is 5.77. The zero-order chi connectivity index (χ0) is 13.0. The predicted octanol–water partition coefficient (Wildman–Crippen LogP) is 1.27. The van der Waals surface area contributed by atoms with Crippen LogP contribution in [0.3, 0.4) is 0 Å². The molecule has 6 nitrogen and oxygen atoms in total. The van der Waals surface area contributed by atoms with E-state index in [9.17, 15) is 0 Å². The average Bonchev–Trinajstić information content (AvgIpc) is 2.81. The maximum Gasteiger partial charge on any atom is 0.182 e. The normalized spacial score (nSPS) is 10.8. The van der Waals surface area contributed by atoms with Gasteiger partial charge >= 0.3 is 0 Å². The van der Waals surface area contributed by atoms with Crippen molar-refractivity contribution in [2.45, 2.75) is 20.4 Å². The van der Waals surface area contributed by atoms with Crippen molar-refractivity contribution in [3.8, 4) is 11.4 Å². The minimum Gasteiger partial charge on any atom is -0.399 e. The molecule has 0 spiro atoms. The maximum absolute atomic E-state index is 5.80. The van der Waals surface area contributed by atoms with Crippen molar-refractivity contribution < 1.29 is 4.74 Å². The Kier molecular flexibility index (Phi) is 3.88. The van der Waals surface area contributed by atoms with Crippen LogP contribution in [-0.2, 0) is 11.3 Å². The molecule has 0 fully saturated rings. The van der Waals surface area contributed by atoms with Crippen LogP contribution in [-0.4, -0.2) is 33.4 Å². The number of benzene rings is 1. The molecule has 0 aliphatic rings. The number of anilines is 1. The van der Waals surface area contributed by atoms with Gasteiger partial charge in [-0.15, -0.1) is 5.10 Å². The lowest BCUT2D eigenvalue weighted by molar-refractivity contribution is 0.136. The fourth-order valence-electron chi connectivity index (χ4n) is 1.67. The molecule has 0 saturated heterocycles. The Morgan fingerprint density at radius 3 is 2.94 bits per heavy atom. The fourth-order valence-corrected chi connectivity index (χ4v) is 1.67. The Balaban J connectivity index is 2.22. The third kappa shape index (κ3) is 2.65. The van der Waals surface area contributed by atoms with Crippen molar-refractivity contribution in [3.05, 3.63) is 23.8 Å². The number of nitrogens with two attached hydrogens (primary N) is 1. The standard InChI is InChI=1S/C12H17N5O/c1-3-18-7-6-17-12(14-15-16-17)10-4-5-11(13)9(2)8-10/h4-5,8H,3,6-7,13H2,1-2H3. The highest BCUT2D eigenvalue weighted by molar-refractivity contribution is 5.61. The highest BCUT2D eigenvalue weighted by Crippen LogP contribution is 2.20. The number of nitrogens with zero attached hydrogens (tertiary/aromatic N) is 4. The van der Waals surface area contributed by atoms with E-state index < -0.39 is 0 Å². The van der Waals surface area contributed by atoms with E-state index >= 15 is 0 Å². The van der Waals surface area contributed by atoms with E-state index in [-0.39, 0.29) is 0 Å². The SMILES string of the molecule is CCOCCn1nnnc1-c1ccc(N)c(C)c1. The van der Waals surface area contributed by atoms with Crippen LogP contribution in [0.4, 0.5) is 5.69 Å². The summed E-state index contributed by atoms with van der Waals surface area (Å²) in [4.78, 5) is 0. The Bertz CT molecular complexity index is 523. The second-order valence-electron chi connectivity index (χ2n) is 3.99. The first kappa shape index (κ1) is 12.5. The molecule has 2 rings (SSSR count). The van der Waals surface area contributed by atoms with E-state index in [0.717, 1.165) is 22.6 Å². The Hall–Kier alpha value is -1.95. The smallest absolute Gasteiger partial charge is 0.182 e. The minimum atomic E-state index is 0.600. The van der Waals surface area contributed by atoms with Crippen LogP contribution in [0.5, 0.6) is 0 Å². The molecule has 0 amide bonds. The molecular formula is C12H17N5O. The van der Waals surface area contributed by atoms with Crippen molar-refractivity contribution in [2.75, 3.05) is 18.9 Å². The molecule has 2 aromatic rings. The molecule has 0 saturated carbocycles. The van der Waals surface area contributed by atoms with Crippen LogP contribution in [0.25, 0.3) is 11.4 Å². The number of rotatable bonds is 5. The molecule has 0 radical (unpaired) electrons. The zero-order valence-electron chi connectivity index (χ0n) is 10.6. The lowest BCUT2D eigenvalue weighted by Crippen LogP contribution is -2.09. The van der Waals surface area contributed by atoms with E-state index in [1.165, 1.54) is 0 Å². The fraction of sp³-hybridized carbons (Fsp3) is 0.417. The molecular weight excluding hydrogens is 230 g/mol. The molecule has 0 aliphatic carbocycles. The quantitative estimate of drug-likeness (QED) is 0.635. The van der Waals surface area contributed by atoms with Crippen LogP contribution < -0.4 is 5.73 Å². The second kappa shape index (κ2) is 5.59. The summed E-state index contributed by atoms with van der Waals surface area (Å²) in [5.74, 6) is 0.734. The summed E-state index contributed by atoms with van der Waals surface area (Å²) in [6.07, 6.45) is 0. The number of nitrogen functional groups attached to an aromatic ring is 1. The zero-order valence-corrected chi connectivity index (χ0v) is 10.6. The van der Waals surface area contributed by atoms with Crippen LogP contribution in [0.15, 0.2) is 18.2 Å². The van der Waals surface area contributed by atoms with Gasteiger partial charge in [0.15, 0.2) is 5.82 Å². The molecule has 1 heterocycles. The third-order valence-electron chi connectivity index (χ3n) is 2.71. The Morgan fingerprint density at radius 2 is 2.22 bits per heavy atom. The molecule has 1 aromatic heterocycles. The first-order chi connectivity index (χ1) is 8.72. The van der Waals surface area contributed by atoms with Gasteiger partial charge in [-0.1, -0.05) is 0 Å². The van der Waals surface area contributed by atoms with E-state index in [4.69, 9.17) is 10.5 Å². The number of aryl methyl sites for hydroxylation is 1. The van der Waals surface area contributed by atoms with E-state index in [0.29, 0.717) is 19.8 Å². The van der Waals surface area contributed by atoms with Gasteiger partial charge in [0.25, 0.3) is 0 Å². The van der Waals surface area contributed by atoms with Crippen molar-refractivity contribution >= 4 is 5.69 Å².